The minimum absolute atomic E-state index is 0.0578. The second-order valence-corrected chi connectivity index (χ2v) is 7.51. The Kier molecular flexibility index (Phi) is 4.03. The summed E-state index contributed by atoms with van der Waals surface area (Å²) in [6, 6.07) is 6.85. The van der Waals surface area contributed by atoms with Crippen molar-refractivity contribution in [1.82, 2.24) is 4.98 Å². The first-order chi connectivity index (χ1) is 8.86. The van der Waals surface area contributed by atoms with Crippen LogP contribution in [0.3, 0.4) is 0 Å². The van der Waals surface area contributed by atoms with E-state index in [1.807, 2.05) is 24.4 Å². The highest BCUT2D eigenvalue weighted by Gasteiger charge is 2.09. The molecule has 0 aliphatic carbocycles. The standard InChI is InChI=1S/C13H16N2O2S2/c1-9(14)12-8-18-13(15-12)7-10-3-5-11(6-4-10)19(2,16)17/h3-6,8-9H,7,14H2,1-2H3. The van der Waals surface area contributed by atoms with Gasteiger partial charge >= 0.3 is 0 Å². The fraction of sp³-hybridized carbons (Fsp3) is 0.308. The van der Waals surface area contributed by atoms with Crippen LogP contribution in [0.25, 0.3) is 0 Å². The van der Waals surface area contributed by atoms with E-state index >= 15 is 0 Å². The highest BCUT2D eigenvalue weighted by molar-refractivity contribution is 7.90. The van der Waals surface area contributed by atoms with Crippen molar-refractivity contribution in [1.29, 1.82) is 0 Å². The molecule has 0 aliphatic rings. The van der Waals surface area contributed by atoms with Crippen LogP contribution in [0.5, 0.6) is 0 Å². The van der Waals surface area contributed by atoms with Gasteiger partial charge in [-0.15, -0.1) is 11.3 Å². The lowest BCUT2D eigenvalue weighted by Crippen LogP contribution is -2.05. The summed E-state index contributed by atoms with van der Waals surface area (Å²) in [4.78, 5) is 4.79. The molecule has 1 heterocycles. The lowest BCUT2D eigenvalue weighted by Gasteiger charge is -2.01. The zero-order valence-corrected chi connectivity index (χ0v) is 12.5. The number of nitrogens with two attached hydrogens (primary N) is 1. The van der Waals surface area contributed by atoms with Gasteiger partial charge in [-0.25, -0.2) is 13.4 Å². The second kappa shape index (κ2) is 5.40. The molecular formula is C13H16N2O2S2. The maximum absolute atomic E-state index is 11.4. The normalized spacial score (nSPS) is 13.4. The summed E-state index contributed by atoms with van der Waals surface area (Å²) in [5.41, 5.74) is 7.70. The summed E-state index contributed by atoms with van der Waals surface area (Å²) in [5.74, 6) is 0. The van der Waals surface area contributed by atoms with Crippen molar-refractivity contribution in [2.45, 2.75) is 24.3 Å². The van der Waals surface area contributed by atoms with Crippen LogP contribution in [-0.4, -0.2) is 19.7 Å². The Morgan fingerprint density at radius 2 is 1.95 bits per heavy atom. The van der Waals surface area contributed by atoms with Crippen LogP contribution < -0.4 is 5.73 Å². The predicted molar refractivity (Wildman–Crippen MR) is 77.1 cm³/mol. The Bertz CT molecular complexity index is 658. The number of hydrogen-bond acceptors (Lipinski definition) is 5. The van der Waals surface area contributed by atoms with Crippen molar-refractivity contribution in [2.24, 2.45) is 5.73 Å². The third kappa shape index (κ3) is 3.62. The van der Waals surface area contributed by atoms with Crippen molar-refractivity contribution >= 4 is 21.2 Å². The van der Waals surface area contributed by atoms with Crippen LogP contribution in [0.4, 0.5) is 0 Å². The van der Waals surface area contributed by atoms with E-state index in [1.165, 1.54) is 6.26 Å². The van der Waals surface area contributed by atoms with Gasteiger partial charge in [0.1, 0.15) is 0 Å². The molecule has 0 bridgehead atoms. The molecule has 1 aromatic carbocycles. The molecule has 0 fully saturated rings. The van der Waals surface area contributed by atoms with Crippen molar-refractivity contribution in [3.05, 3.63) is 45.9 Å². The monoisotopic (exact) mass is 296 g/mol. The lowest BCUT2D eigenvalue weighted by atomic mass is 10.2. The Hall–Kier alpha value is -1.24. The Morgan fingerprint density at radius 3 is 2.42 bits per heavy atom. The van der Waals surface area contributed by atoms with Gasteiger partial charge < -0.3 is 5.73 Å². The van der Waals surface area contributed by atoms with Crippen LogP contribution in [0.15, 0.2) is 34.5 Å². The number of hydrogen-bond donors (Lipinski definition) is 1. The first kappa shape index (κ1) is 14.2. The third-order valence-electron chi connectivity index (χ3n) is 2.74. The van der Waals surface area contributed by atoms with Crippen LogP contribution in [0, 0.1) is 0 Å². The molecule has 1 unspecified atom stereocenters. The molecule has 1 aromatic heterocycles. The largest absolute Gasteiger partial charge is 0.323 e. The van der Waals surface area contributed by atoms with E-state index in [9.17, 15) is 8.42 Å². The van der Waals surface area contributed by atoms with Gasteiger partial charge in [0, 0.05) is 24.1 Å². The van der Waals surface area contributed by atoms with E-state index in [4.69, 9.17) is 5.73 Å². The summed E-state index contributed by atoms with van der Waals surface area (Å²) in [6.45, 7) is 1.90. The third-order valence-corrected chi connectivity index (χ3v) is 4.74. The molecule has 19 heavy (non-hydrogen) atoms. The highest BCUT2D eigenvalue weighted by Crippen LogP contribution is 2.19. The van der Waals surface area contributed by atoms with Crippen molar-refractivity contribution in [3.8, 4) is 0 Å². The van der Waals surface area contributed by atoms with Crippen LogP contribution in [0.1, 0.15) is 29.2 Å². The highest BCUT2D eigenvalue weighted by atomic mass is 32.2. The van der Waals surface area contributed by atoms with Crippen molar-refractivity contribution in [2.75, 3.05) is 6.26 Å². The first-order valence-electron chi connectivity index (χ1n) is 5.85. The number of rotatable bonds is 4. The number of thiazole rings is 1. The van der Waals surface area contributed by atoms with Crippen LogP contribution in [-0.2, 0) is 16.3 Å². The molecule has 0 saturated heterocycles. The molecule has 2 N–H and O–H groups in total. The molecule has 4 nitrogen and oxygen atoms in total. The van der Waals surface area contributed by atoms with E-state index in [0.717, 1.165) is 16.3 Å². The van der Waals surface area contributed by atoms with Gasteiger partial charge in [0.15, 0.2) is 9.84 Å². The summed E-state index contributed by atoms with van der Waals surface area (Å²) in [5, 5.41) is 2.95. The smallest absolute Gasteiger partial charge is 0.175 e. The fourth-order valence-corrected chi connectivity index (χ4v) is 3.21. The Morgan fingerprint density at radius 1 is 1.32 bits per heavy atom. The molecule has 0 aliphatic heterocycles. The predicted octanol–water partition coefficient (Wildman–Crippen LogP) is 2.16. The summed E-state index contributed by atoms with van der Waals surface area (Å²) in [6.07, 6.45) is 1.90. The van der Waals surface area contributed by atoms with E-state index in [-0.39, 0.29) is 6.04 Å². The molecule has 2 rings (SSSR count). The minimum atomic E-state index is -3.13. The SMILES string of the molecule is CC(N)c1csc(Cc2ccc(S(C)(=O)=O)cc2)n1. The topological polar surface area (TPSA) is 73.1 Å². The van der Waals surface area contributed by atoms with Crippen LogP contribution >= 0.6 is 11.3 Å². The summed E-state index contributed by atoms with van der Waals surface area (Å²) in [7, 11) is -3.13. The Balaban J connectivity index is 2.15. The van der Waals surface area contributed by atoms with E-state index in [1.54, 1.807) is 23.5 Å². The first-order valence-corrected chi connectivity index (χ1v) is 8.62. The van der Waals surface area contributed by atoms with Gasteiger partial charge in [-0.1, -0.05) is 12.1 Å². The average molecular weight is 296 g/mol. The molecule has 0 spiro atoms. The fourth-order valence-electron chi connectivity index (χ4n) is 1.64. The minimum Gasteiger partial charge on any atom is -0.323 e. The van der Waals surface area contributed by atoms with Gasteiger partial charge in [0.2, 0.25) is 0 Å². The number of benzene rings is 1. The maximum Gasteiger partial charge on any atom is 0.175 e. The molecule has 6 heteroatoms. The van der Waals surface area contributed by atoms with Gasteiger partial charge in [-0.05, 0) is 24.6 Å². The molecule has 2 aromatic rings. The second-order valence-electron chi connectivity index (χ2n) is 4.55. The molecule has 0 radical (unpaired) electrons. The quantitative estimate of drug-likeness (QED) is 0.938. The molecule has 0 saturated carbocycles. The van der Waals surface area contributed by atoms with Gasteiger partial charge in [-0.3, -0.25) is 0 Å². The van der Waals surface area contributed by atoms with E-state index in [0.29, 0.717) is 11.3 Å². The zero-order valence-electron chi connectivity index (χ0n) is 10.8. The van der Waals surface area contributed by atoms with Gasteiger partial charge in [-0.2, -0.15) is 0 Å². The van der Waals surface area contributed by atoms with Gasteiger partial charge in [0.05, 0.1) is 15.6 Å². The van der Waals surface area contributed by atoms with Gasteiger partial charge in [0.25, 0.3) is 0 Å². The van der Waals surface area contributed by atoms with Crippen LogP contribution in [0.2, 0.25) is 0 Å². The molecule has 0 amide bonds. The van der Waals surface area contributed by atoms with Crippen molar-refractivity contribution in [3.63, 3.8) is 0 Å². The molecular weight excluding hydrogens is 280 g/mol. The number of aromatic nitrogens is 1. The lowest BCUT2D eigenvalue weighted by molar-refractivity contribution is 0.602. The summed E-state index contributed by atoms with van der Waals surface area (Å²) >= 11 is 1.57. The van der Waals surface area contributed by atoms with Crippen molar-refractivity contribution < 1.29 is 8.42 Å². The molecule has 1 atom stereocenters. The average Bonchev–Trinajstić information content (AvgIpc) is 2.77. The number of sulfone groups is 1. The van der Waals surface area contributed by atoms with E-state index in [2.05, 4.69) is 4.98 Å². The summed E-state index contributed by atoms with van der Waals surface area (Å²) < 4.78 is 22.7. The maximum atomic E-state index is 11.4. The molecule has 102 valence electrons. The zero-order chi connectivity index (χ0) is 14.0. The number of nitrogens with zero attached hydrogens (tertiary/aromatic N) is 1. The Labute approximate surface area is 117 Å². The van der Waals surface area contributed by atoms with E-state index < -0.39 is 9.84 Å².